The van der Waals surface area contributed by atoms with Gasteiger partial charge in [-0.25, -0.2) is 4.98 Å². The number of nitrogens with zero attached hydrogens (tertiary/aromatic N) is 4. The highest BCUT2D eigenvalue weighted by molar-refractivity contribution is 7.99. The lowest BCUT2D eigenvalue weighted by atomic mass is 10.2. The summed E-state index contributed by atoms with van der Waals surface area (Å²) in [5.41, 5.74) is 1.58. The van der Waals surface area contributed by atoms with Crippen molar-refractivity contribution in [1.82, 2.24) is 19.7 Å². The van der Waals surface area contributed by atoms with Crippen LogP contribution in [0.15, 0.2) is 63.0 Å². The van der Waals surface area contributed by atoms with E-state index >= 15 is 0 Å². The van der Waals surface area contributed by atoms with Crippen LogP contribution in [0.4, 0.5) is 0 Å². The topological polar surface area (TPSA) is 83.0 Å². The zero-order chi connectivity index (χ0) is 21.8. The molecular weight excluding hydrogens is 412 g/mol. The van der Waals surface area contributed by atoms with E-state index in [1.165, 1.54) is 11.8 Å². The van der Waals surface area contributed by atoms with Crippen LogP contribution in [-0.4, -0.2) is 26.8 Å². The molecule has 0 bridgehead atoms. The molecule has 2 aromatic carbocycles. The van der Waals surface area contributed by atoms with Gasteiger partial charge in [0.05, 0.1) is 29.8 Å². The van der Waals surface area contributed by atoms with Gasteiger partial charge in [0, 0.05) is 6.42 Å². The molecule has 4 rings (SSSR count). The van der Waals surface area contributed by atoms with Crippen LogP contribution in [-0.2, 0) is 13.0 Å². The van der Waals surface area contributed by atoms with E-state index < -0.39 is 0 Å². The molecule has 0 aliphatic heterocycles. The number of methoxy groups -OCH3 is 1. The first-order valence-electron chi connectivity index (χ1n) is 10.2. The summed E-state index contributed by atoms with van der Waals surface area (Å²) in [5, 5.41) is 5.10. The van der Waals surface area contributed by atoms with Gasteiger partial charge in [-0.2, -0.15) is 4.98 Å². The van der Waals surface area contributed by atoms with Gasteiger partial charge in [-0.15, -0.1) is 0 Å². The summed E-state index contributed by atoms with van der Waals surface area (Å²) in [6, 6.07) is 15.1. The Morgan fingerprint density at radius 2 is 1.90 bits per heavy atom. The number of fused-ring (bicyclic) bond motifs is 1. The van der Waals surface area contributed by atoms with Crippen LogP contribution in [0.3, 0.4) is 0 Å². The Kier molecular flexibility index (Phi) is 6.36. The molecular formula is C23H24N4O3S. The average Bonchev–Trinajstić information content (AvgIpc) is 3.26. The van der Waals surface area contributed by atoms with Crippen molar-refractivity contribution in [3.05, 3.63) is 76.2 Å². The van der Waals surface area contributed by atoms with Gasteiger partial charge in [0.25, 0.3) is 5.56 Å². The third kappa shape index (κ3) is 4.64. The number of ether oxygens (including phenoxy) is 1. The quantitative estimate of drug-likeness (QED) is 0.294. The Morgan fingerprint density at radius 3 is 2.65 bits per heavy atom. The first kappa shape index (κ1) is 21.1. The van der Waals surface area contributed by atoms with E-state index in [2.05, 4.69) is 17.1 Å². The maximum absolute atomic E-state index is 13.3. The van der Waals surface area contributed by atoms with E-state index in [0.29, 0.717) is 34.3 Å². The fourth-order valence-corrected chi connectivity index (χ4v) is 4.20. The monoisotopic (exact) mass is 436 g/mol. The van der Waals surface area contributed by atoms with Crippen LogP contribution in [0, 0.1) is 0 Å². The summed E-state index contributed by atoms with van der Waals surface area (Å²) in [6.07, 6.45) is 1.73. The largest absolute Gasteiger partial charge is 0.497 e. The lowest BCUT2D eigenvalue weighted by molar-refractivity contribution is 0.374. The molecule has 1 atom stereocenters. The summed E-state index contributed by atoms with van der Waals surface area (Å²) in [7, 11) is 1.63. The second kappa shape index (κ2) is 9.34. The highest BCUT2D eigenvalue weighted by Gasteiger charge is 2.20. The second-order valence-electron chi connectivity index (χ2n) is 7.21. The maximum Gasteiger partial charge on any atom is 0.262 e. The smallest absolute Gasteiger partial charge is 0.262 e. The first-order chi connectivity index (χ1) is 15.1. The Bertz CT molecular complexity index is 1230. The third-order valence-electron chi connectivity index (χ3n) is 4.91. The highest BCUT2D eigenvalue weighted by Crippen LogP contribution is 2.33. The number of para-hydroxylation sites is 1. The molecule has 0 fully saturated rings. The molecule has 2 aromatic heterocycles. The van der Waals surface area contributed by atoms with Gasteiger partial charge in [0.2, 0.25) is 5.89 Å². The third-order valence-corrected chi connectivity index (χ3v) is 5.99. The zero-order valence-electron chi connectivity index (χ0n) is 17.7. The molecule has 7 nitrogen and oxygen atoms in total. The van der Waals surface area contributed by atoms with E-state index in [9.17, 15) is 4.79 Å². The fraction of sp³-hybridized carbons (Fsp3) is 0.304. The summed E-state index contributed by atoms with van der Waals surface area (Å²) in [5.74, 6) is 2.01. The van der Waals surface area contributed by atoms with Crippen molar-refractivity contribution < 1.29 is 9.26 Å². The van der Waals surface area contributed by atoms with E-state index in [1.807, 2.05) is 55.5 Å². The SMILES string of the molecule is CCCc1noc([C@H](C)Sc2nc3ccccc3c(=O)n2Cc2ccc(OC)cc2)n1. The molecule has 0 radical (unpaired) electrons. The van der Waals surface area contributed by atoms with Gasteiger partial charge < -0.3 is 9.26 Å². The van der Waals surface area contributed by atoms with E-state index in [4.69, 9.17) is 14.2 Å². The van der Waals surface area contributed by atoms with Crippen LogP contribution in [0.1, 0.15) is 42.8 Å². The minimum absolute atomic E-state index is 0.0756. The second-order valence-corrected chi connectivity index (χ2v) is 8.52. The Morgan fingerprint density at radius 1 is 1.13 bits per heavy atom. The maximum atomic E-state index is 13.3. The van der Waals surface area contributed by atoms with Crippen molar-refractivity contribution in [2.75, 3.05) is 7.11 Å². The van der Waals surface area contributed by atoms with Gasteiger partial charge in [-0.3, -0.25) is 9.36 Å². The Labute approximate surface area is 184 Å². The van der Waals surface area contributed by atoms with Gasteiger partial charge in [-0.05, 0) is 43.2 Å². The number of thioether (sulfide) groups is 1. The normalized spacial score (nSPS) is 12.2. The Balaban J connectivity index is 1.71. The minimum Gasteiger partial charge on any atom is -0.497 e. The molecule has 8 heteroatoms. The number of benzene rings is 2. The van der Waals surface area contributed by atoms with Crippen LogP contribution >= 0.6 is 11.8 Å². The summed E-state index contributed by atoms with van der Waals surface area (Å²) in [6.45, 7) is 4.46. The standard InChI is InChI=1S/C23H24N4O3S/c1-4-7-20-25-21(30-26-20)15(2)31-23-24-19-9-6-5-8-18(19)22(28)27(23)14-16-10-12-17(29-3)13-11-16/h5-6,8-13,15H,4,7,14H2,1-3H3/t15-/m0/s1. The molecule has 31 heavy (non-hydrogen) atoms. The van der Waals surface area contributed by atoms with Gasteiger partial charge in [0.15, 0.2) is 11.0 Å². The van der Waals surface area contributed by atoms with Crippen LogP contribution in [0.5, 0.6) is 5.75 Å². The number of hydrogen-bond donors (Lipinski definition) is 0. The molecule has 0 N–H and O–H groups in total. The molecule has 0 saturated heterocycles. The predicted molar refractivity (Wildman–Crippen MR) is 121 cm³/mol. The van der Waals surface area contributed by atoms with Crippen LogP contribution < -0.4 is 10.3 Å². The lowest BCUT2D eigenvalue weighted by Crippen LogP contribution is -2.24. The number of hydrogen-bond acceptors (Lipinski definition) is 7. The summed E-state index contributed by atoms with van der Waals surface area (Å²) < 4.78 is 12.4. The van der Waals surface area contributed by atoms with Crippen LogP contribution in [0.2, 0.25) is 0 Å². The van der Waals surface area contributed by atoms with Crippen LogP contribution in [0.25, 0.3) is 10.9 Å². The van der Waals surface area contributed by atoms with Gasteiger partial charge >= 0.3 is 0 Å². The summed E-state index contributed by atoms with van der Waals surface area (Å²) >= 11 is 1.44. The van der Waals surface area contributed by atoms with Gasteiger partial charge in [-0.1, -0.05) is 48.1 Å². The Hall–Kier alpha value is -3.13. The summed E-state index contributed by atoms with van der Waals surface area (Å²) in [4.78, 5) is 22.6. The van der Waals surface area contributed by atoms with Crippen molar-refractivity contribution in [2.45, 2.75) is 43.6 Å². The van der Waals surface area contributed by atoms with E-state index in [1.54, 1.807) is 11.7 Å². The molecule has 0 spiro atoms. The molecule has 2 heterocycles. The van der Waals surface area contributed by atoms with Crippen molar-refractivity contribution in [3.63, 3.8) is 0 Å². The predicted octanol–water partition coefficient (Wildman–Crippen LogP) is 4.64. The van der Waals surface area contributed by atoms with Crippen molar-refractivity contribution in [1.29, 1.82) is 0 Å². The molecule has 4 aromatic rings. The van der Waals surface area contributed by atoms with E-state index in [0.717, 1.165) is 24.2 Å². The molecule has 0 saturated carbocycles. The van der Waals surface area contributed by atoms with Gasteiger partial charge in [0.1, 0.15) is 5.75 Å². The minimum atomic E-state index is -0.145. The molecule has 0 aliphatic rings. The zero-order valence-corrected chi connectivity index (χ0v) is 18.6. The van der Waals surface area contributed by atoms with Crippen molar-refractivity contribution in [3.8, 4) is 5.75 Å². The average molecular weight is 437 g/mol. The number of rotatable bonds is 8. The first-order valence-corrected chi connectivity index (χ1v) is 11.1. The lowest BCUT2D eigenvalue weighted by Gasteiger charge is -2.15. The van der Waals surface area contributed by atoms with Crippen molar-refractivity contribution >= 4 is 22.7 Å². The molecule has 0 unspecified atom stereocenters. The van der Waals surface area contributed by atoms with Crippen molar-refractivity contribution in [2.24, 2.45) is 0 Å². The number of aromatic nitrogens is 4. The molecule has 0 amide bonds. The van der Waals surface area contributed by atoms with E-state index in [-0.39, 0.29) is 10.8 Å². The number of aryl methyl sites for hydroxylation is 1. The molecule has 0 aliphatic carbocycles. The fourth-order valence-electron chi connectivity index (χ4n) is 3.26. The highest BCUT2D eigenvalue weighted by atomic mass is 32.2. The molecule has 160 valence electrons.